The number of hydrogen-bond donors (Lipinski definition) is 1. The first-order chi connectivity index (χ1) is 5.07. The highest BCUT2D eigenvalue weighted by Crippen LogP contribution is 1.99. The third-order valence-electron chi connectivity index (χ3n) is 1.19. The molecule has 3 nitrogen and oxygen atoms in total. The zero-order valence-corrected chi connectivity index (χ0v) is 7.04. The van der Waals surface area contributed by atoms with Crippen LogP contribution in [-0.2, 0) is 9.53 Å². The Hall–Kier alpha value is -0.570. The molecule has 0 bridgehead atoms. The fraction of sp³-hybridized carbons (Fsp3) is 0.750. The van der Waals surface area contributed by atoms with Crippen LogP contribution in [-0.4, -0.2) is 24.3 Å². The van der Waals surface area contributed by atoms with E-state index in [9.17, 15) is 4.79 Å². The topological polar surface area (TPSA) is 46.5 Å². The zero-order valence-electron chi connectivity index (χ0n) is 7.04. The second kappa shape index (κ2) is 5.13. The van der Waals surface area contributed by atoms with Gasteiger partial charge < -0.3 is 9.84 Å². The summed E-state index contributed by atoms with van der Waals surface area (Å²) >= 11 is 0. The van der Waals surface area contributed by atoms with Gasteiger partial charge in [0.15, 0.2) is 0 Å². The lowest BCUT2D eigenvalue weighted by molar-refractivity contribution is -0.148. The van der Waals surface area contributed by atoms with E-state index in [4.69, 9.17) is 9.84 Å². The molecule has 1 radical (unpaired) electrons. The maximum absolute atomic E-state index is 10.8. The first kappa shape index (κ1) is 10.4. The molecule has 65 valence electrons. The molecule has 0 rings (SSSR count). The molecule has 0 aliphatic heterocycles. The normalized spacial score (nSPS) is 13.2. The van der Waals surface area contributed by atoms with E-state index in [1.807, 2.05) is 0 Å². The van der Waals surface area contributed by atoms with Gasteiger partial charge in [-0.05, 0) is 6.92 Å². The molecule has 0 heterocycles. The molecule has 0 saturated heterocycles. The fourth-order valence-corrected chi connectivity index (χ4v) is 0.419. The second-order valence-corrected chi connectivity index (χ2v) is 2.83. The van der Waals surface area contributed by atoms with Crippen molar-refractivity contribution in [2.24, 2.45) is 11.8 Å². The third kappa shape index (κ3) is 4.79. The molecular formula is C8H15O3. The molecule has 1 unspecified atom stereocenters. The highest BCUT2D eigenvalue weighted by atomic mass is 16.5. The van der Waals surface area contributed by atoms with Gasteiger partial charge in [-0.25, -0.2) is 0 Å². The number of carbonyl (C=O) groups excluding carboxylic acids is 1. The van der Waals surface area contributed by atoms with Crippen LogP contribution in [0.25, 0.3) is 0 Å². The van der Waals surface area contributed by atoms with Crippen LogP contribution in [0.1, 0.15) is 13.8 Å². The average molecular weight is 159 g/mol. The molecule has 0 amide bonds. The zero-order chi connectivity index (χ0) is 8.85. The maximum atomic E-state index is 10.8. The smallest absolute Gasteiger partial charge is 0.308 e. The Bertz CT molecular complexity index is 121. The molecule has 0 saturated carbocycles. The average Bonchev–Trinajstić information content (AvgIpc) is 1.99. The van der Waals surface area contributed by atoms with Gasteiger partial charge in [-0.2, -0.15) is 0 Å². The number of hydrogen-bond acceptors (Lipinski definition) is 3. The van der Waals surface area contributed by atoms with Crippen LogP contribution in [0.15, 0.2) is 0 Å². The largest absolute Gasteiger partial charge is 0.465 e. The van der Waals surface area contributed by atoms with Crippen LogP contribution in [0.5, 0.6) is 0 Å². The minimum absolute atomic E-state index is 0.0502. The van der Waals surface area contributed by atoms with E-state index < -0.39 is 0 Å². The van der Waals surface area contributed by atoms with Gasteiger partial charge in [-0.15, -0.1) is 0 Å². The minimum atomic E-state index is -0.243. The maximum Gasteiger partial charge on any atom is 0.308 e. The van der Waals surface area contributed by atoms with E-state index in [0.717, 1.165) is 0 Å². The van der Waals surface area contributed by atoms with Crippen LogP contribution in [0.4, 0.5) is 0 Å². The van der Waals surface area contributed by atoms with Crippen molar-refractivity contribution in [2.75, 3.05) is 13.2 Å². The number of esters is 1. The third-order valence-corrected chi connectivity index (χ3v) is 1.19. The summed E-state index contributed by atoms with van der Waals surface area (Å²) in [6, 6.07) is 0. The Morgan fingerprint density at radius 3 is 2.55 bits per heavy atom. The lowest BCUT2D eigenvalue weighted by Gasteiger charge is -2.10. The molecular weight excluding hydrogens is 144 g/mol. The standard InChI is InChI=1S/C8H15O3/c1-6(2)8(10)11-5-7(3)4-9/h6-7,9H,3-5H2,1-2H3. The summed E-state index contributed by atoms with van der Waals surface area (Å²) < 4.78 is 4.79. The van der Waals surface area contributed by atoms with Crippen molar-refractivity contribution in [1.82, 2.24) is 0 Å². The number of ether oxygens (including phenoxy) is 1. The molecule has 1 N–H and O–H groups in total. The highest BCUT2D eigenvalue weighted by molar-refractivity contribution is 5.71. The molecule has 0 aliphatic rings. The summed E-state index contributed by atoms with van der Waals surface area (Å²) in [7, 11) is 0. The number of carbonyl (C=O) groups is 1. The quantitative estimate of drug-likeness (QED) is 0.612. The molecule has 0 fully saturated rings. The first-order valence-electron chi connectivity index (χ1n) is 3.68. The second-order valence-electron chi connectivity index (χ2n) is 2.83. The molecule has 0 aromatic heterocycles. The van der Waals surface area contributed by atoms with Gasteiger partial charge in [0.25, 0.3) is 0 Å². The molecule has 0 spiro atoms. The number of aliphatic hydroxyl groups excluding tert-OH is 1. The molecule has 1 atom stereocenters. The van der Waals surface area contributed by atoms with E-state index in [1.165, 1.54) is 0 Å². The summed E-state index contributed by atoms with van der Waals surface area (Å²) in [6.45, 7) is 7.24. The summed E-state index contributed by atoms with van der Waals surface area (Å²) in [5.41, 5.74) is 0. The summed E-state index contributed by atoms with van der Waals surface area (Å²) in [4.78, 5) is 10.8. The van der Waals surface area contributed by atoms with Crippen molar-refractivity contribution in [2.45, 2.75) is 13.8 Å². The summed E-state index contributed by atoms with van der Waals surface area (Å²) in [6.07, 6.45) is 0. The fourth-order valence-electron chi connectivity index (χ4n) is 0.419. The van der Waals surface area contributed by atoms with Crippen LogP contribution in [0.2, 0.25) is 0 Å². The van der Waals surface area contributed by atoms with E-state index in [1.54, 1.807) is 13.8 Å². The predicted molar refractivity (Wildman–Crippen MR) is 41.7 cm³/mol. The number of rotatable bonds is 4. The van der Waals surface area contributed by atoms with Crippen LogP contribution < -0.4 is 0 Å². The summed E-state index contributed by atoms with van der Waals surface area (Å²) in [5, 5.41) is 8.53. The van der Waals surface area contributed by atoms with Crippen LogP contribution >= 0.6 is 0 Å². The Balaban J connectivity index is 3.46. The van der Waals surface area contributed by atoms with Crippen molar-refractivity contribution in [3.8, 4) is 0 Å². The van der Waals surface area contributed by atoms with Gasteiger partial charge in [0.05, 0.1) is 12.5 Å². The van der Waals surface area contributed by atoms with Gasteiger partial charge in [0.1, 0.15) is 0 Å². The predicted octanol–water partition coefficient (Wildman–Crippen LogP) is 0.628. The Kier molecular flexibility index (Phi) is 4.86. The minimum Gasteiger partial charge on any atom is -0.465 e. The van der Waals surface area contributed by atoms with Gasteiger partial charge in [0.2, 0.25) is 0 Å². The van der Waals surface area contributed by atoms with Crippen molar-refractivity contribution < 1.29 is 14.6 Å². The first-order valence-corrected chi connectivity index (χ1v) is 3.68. The van der Waals surface area contributed by atoms with Crippen molar-refractivity contribution in [3.05, 3.63) is 6.92 Å². The SMILES string of the molecule is [CH2]C(CO)COC(=O)C(C)C. The van der Waals surface area contributed by atoms with E-state index in [2.05, 4.69) is 6.92 Å². The Morgan fingerprint density at radius 2 is 2.18 bits per heavy atom. The molecule has 11 heavy (non-hydrogen) atoms. The monoisotopic (exact) mass is 159 g/mol. The molecule has 0 aromatic carbocycles. The molecule has 0 aromatic rings. The molecule has 0 aliphatic carbocycles. The van der Waals surface area contributed by atoms with E-state index >= 15 is 0 Å². The lowest BCUT2D eigenvalue weighted by Crippen LogP contribution is -2.18. The van der Waals surface area contributed by atoms with Crippen molar-refractivity contribution in [3.63, 3.8) is 0 Å². The Morgan fingerprint density at radius 1 is 1.64 bits per heavy atom. The lowest BCUT2D eigenvalue weighted by atomic mass is 10.2. The van der Waals surface area contributed by atoms with Crippen molar-refractivity contribution >= 4 is 5.97 Å². The van der Waals surface area contributed by atoms with Gasteiger partial charge in [-0.3, -0.25) is 4.79 Å². The van der Waals surface area contributed by atoms with Crippen molar-refractivity contribution in [1.29, 1.82) is 0 Å². The van der Waals surface area contributed by atoms with E-state index in [-0.39, 0.29) is 31.0 Å². The Labute approximate surface area is 67.4 Å². The van der Waals surface area contributed by atoms with Crippen LogP contribution in [0, 0.1) is 18.8 Å². The number of aliphatic hydroxyl groups is 1. The van der Waals surface area contributed by atoms with Gasteiger partial charge in [0, 0.05) is 12.5 Å². The van der Waals surface area contributed by atoms with Crippen LogP contribution in [0.3, 0.4) is 0 Å². The van der Waals surface area contributed by atoms with Gasteiger partial charge in [-0.1, -0.05) is 13.8 Å². The highest BCUT2D eigenvalue weighted by Gasteiger charge is 2.09. The van der Waals surface area contributed by atoms with Gasteiger partial charge >= 0.3 is 5.97 Å². The summed E-state index contributed by atoms with van der Waals surface area (Å²) in [5.74, 6) is -0.564. The molecule has 3 heteroatoms. The van der Waals surface area contributed by atoms with E-state index in [0.29, 0.717) is 0 Å².